The number of nitrogens with one attached hydrogen (secondary N) is 1. The van der Waals surface area contributed by atoms with E-state index in [2.05, 4.69) is 42.7 Å². The number of hydrogen-bond acceptors (Lipinski definition) is 5. The molecule has 0 radical (unpaired) electrons. The van der Waals surface area contributed by atoms with Crippen LogP contribution in [-0.2, 0) is 13.6 Å². The van der Waals surface area contributed by atoms with E-state index < -0.39 is 0 Å². The van der Waals surface area contributed by atoms with Crippen molar-refractivity contribution in [3.8, 4) is 0 Å². The first-order valence-corrected chi connectivity index (χ1v) is 7.80. The van der Waals surface area contributed by atoms with Gasteiger partial charge in [0.25, 0.3) is 0 Å². The van der Waals surface area contributed by atoms with Gasteiger partial charge < -0.3 is 9.88 Å². The molecule has 21 heavy (non-hydrogen) atoms. The Hall–Kier alpha value is -1.99. The highest BCUT2D eigenvalue weighted by atomic mass is 32.1. The van der Waals surface area contributed by atoms with Gasteiger partial charge in [-0.1, -0.05) is 11.3 Å². The van der Waals surface area contributed by atoms with Crippen molar-refractivity contribution in [3.05, 3.63) is 53.0 Å². The number of hydrogen-bond donors (Lipinski definition) is 1. The molecule has 0 aliphatic carbocycles. The van der Waals surface area contributed by atoms with Crippen LogP contribution in [0.4, 0.5) is 0 Å². The highest BCUT2D eigenvalue weighted by molar-refractivity contribution is 7.10. The van der Waals surface area contributed by atoms with Crippen LogP contribution in [0.2, 0.25) is 0 Å². The zero-order chi connectivity index (χ0) is 14.5. The molecule has 1 unspecified atom stereocenters. The standard InChI is InChI=1S/C14H18N6S/c1-19-9-6-16-14(19)13(12-4-2-11-21-12)15-5-3-8-20-10-7-17-18-20/h2,4,6-7,9-11,13,15H,3,5,8H2,1H3. The maximum atomic E-state index is 4.48. The summed E-state index contributed by atoms with van der Waals surface area (Å²) in [6, 6.07) is 4.36. The maximum Gasteiger partial charge on any atom is 0.131 e. The summed E-state index contributed by atoms with van der Waals surface area (Å²) in [5.74, 6) is 1.04. The fourth-order valence-electron chi connectivity index (χ4n) is 2.27. The summed E-state index contributed by atoms with van der Waals surface area (Å²) < 4.78 is 3.91. The second-order valence-electron chi connectivity index (χ2n) is 4.82. The molecular formula is C14H18N6S. The van der Waals surface area contributed by atoms with Crippen molar-refractivity contribution in [2.45, 2.75) is 19.0 Å². The van der Waals surface area contributed by atoms with E-state index in [-0.39, 0.29) is 6.04 Å². The average Bonchev–Trinajstić information content (AvgIpc) is 3.21. The van der Waals surface area contributed by atoms with Crippen LogP contribution in [0.15, 0.2) is 42.3 Å². The number of aromatic nitrogens is 5. The van der Waals surface area contributed by atoms with E-state index in [1.54, 1.807) is 17.5 Å². The lowest BCUT2D eigenvalue weighted by atomic mass is 10.2. The normalized spacial score (nSPS) is 12.6. The molecule has 1 atom stereocenters. The molecule has 0 bridgehead atoms. The molecule has 0 aliphatic rings. The zero-order valence-electron chi connectivity index (χ0n) is 11.9. The van der Waals surface area contributed by atoms with Gasteiger partial charge in [0, 0.05) is 37.1 Å². The Bertz CT molecular complexity index is 643. The summed E-state index contributed by atoms with van der Waals surface area (Å²) in [6.45, 7) is 1.76. The van der Waals surface area contributed by atoms with Gasteiger partial charge in [0.15, 0.2) is 0 Å². The summed E-state index contributed by atoms with van der Waals surface area (Å²) in [6.07, 6.45) is 8.40. The molecule has 0 aromatic carbocycles. The highest BCUT2D eigenvalue weighted by Crippen LogP contribution is 2.24. The highest BCUT2D eigenvalue weighted by Gasteiger charge is 2.18. The van der Waals surface area contributed by atoms with Gasteiger partial charge in [-0.3, -0.25) is 4.68 Å². The summed E-state index contributed by atoms with van der Waals surface area (Å²) in [5.41, 5.74) is 0. The largest absolute Gasteiger partial charge is 0.336 e. The van der Waals surface area contributed by atoms with Gasteiger partial charge in [-0.25, -0.2) is 4.98 Å². The monoisotopic (exact) mass is 302 g/mol. The number of nitrogens with zero attached hydrogens (tertiary/aromatic N) is 5. The van der Waals surface area contributed by atoms with Gasteiger partial charge in [0.05, 0.1) is 6.20 Å². The molecule has 7 heteroatoms. The molecule has 6 nitrogen and oxygen atoms in total. The van der Waals surface area contributed by atoms with E-state index in [1.807, 2.05) is 30.3 Å². The van der Waals surface area contributed by atoms with E-state index in [0.717, 1.165) is 25.3 Å². The average molecular weight is 302 g/mol. The molecule has 0 aliphatic heterocycles. The van der Waals surface area contributed by atoms with Crippen LogP contribution in [0.5, 0.6) is 0 Å². The minimum Gasteiger partial charge on any atom is -0.336 e. The molecule has 0 spiro atoms. The van der Waals surface area contributed by atoms with Gasteiger partial charge in [0.1, 0.15) is 11.9 Å². The summed E-state index contributed by atoms with van der Waals surface area (Å²) >= 11 is 1.75. The second-order valence-corrected chi connectivity index (χ2v) is 5.80. The predicted octanol–water partition coefficient (Wildman–Crippen LogP) is 1.84. The minimum absolute atomic E-state index is 0.140. The van der Waals surface area contributed by atoms with Gasteiger partial charge in [0.2, 0.25) is 0 Å². The molecule has 0 saturated carbocycles. The third kappa shape index (κ3) is 3.37. The minimum atomic E-state index is 0.140. The van der Waals surface area contributed by atoms with Crippen LogP contribution < -0.4 is 5.32 Å². The fraction of sp³-hybridized carbons (Fsp3) is 0.357. The van der Waals surface area contributed by atoms with Crippen molar-refractivity contribution in [1.82, 2.24) is 29.9 Å². The molecule has 110 valence electrons. The van der Waals surface area contributed by atoms with Crippen LogP contribution in [-0.4, -0.2) is 31.1 Å². The molecule has 3 aromatic heterocycles. The van der Waals surface area contributed by atoms with Crippen molar-refractivity contribution in [2.75, 3.05) is 6.54 Å². The fourth-order valence-corrected chi connectivity index (χ4v) is 3.07. The lowest BCUT2D eigenvalue weighted by Gasteiger charge is -2.17. The number of rotatable bonds is 7. The molecule has 0 amide bonds. The van der Waals surface area contributed by atoms with E-state index in [1.165, 1.54) is 4.88 Å². The summed E-state index contributed by atoms with van der Waals surface area (Å²) in [7, 11) is 2.03. The van der Waals surface area contributed by atoms with Crippen molar-refractivity contribution in [2.24, 2.45) is 7.05 Å². The van der Waals surface area contributed by atoms with Crippen LogP contribution in [0.25, 0.3) is 0 Å². The molecule has 3 rings (SSSR count). The van der Waals surface area contributed by atoms with Crippen molar-refractivity contribution in [3.63, 3.8) is 0 Å². The van der Waals surface area contributed by atoms with Crippen LogP contribution in [0, 0.1) is 0 Å². The summed E-state index contributed by atoms with van der Waals surface area (Å²) in [5, 5.41) is 13.5. The van der Waals surface area contributed by atoms with E-state index in [0.29, 0.717) is 0 Å². The first-order chi connectivity index (χ1) is 10.3. The first-order valence-electron chi connectivity index (χ1n) is 6.92. The molecule has 3 heterocycles. The number of imidazole rings is 1. The van der Waals surface area contributed by atoms with Gasteiger partial charge in [-0.05, 0) is 24.4 Å². The van der Waals surface area contributed by atoms with Gasteiger partial charge >= 0.3 is 0 Å². The SMILES string of the molecule is Cn1ccnc1C(NCCCn1ccnn1)c1cccs1. The molecule has 3 aromatic rings. The third-order valence-electron chi connectivity index (χ3n) is 3.33. The number of thiophene rings is 1. The Morgan fingerprint density at radius 1 is 1.33 bits per heavy atom. The zero-order valence-corrected chi connectivity index (χ0v) is 12.7. The Labute approximate surface area is 127 Å². The molecule has 1 N–H and O–H groups in total. The molecule has 0 saturated heterocycles. The Balaban J connectivity index is 1.62. The smallest absolute Gasteiger partial charge is 0.131 e. The van der Waals surface area contributed by atoms with Crippen LogP contribution in [0.3, 0.4) is 0 Å². The van der Waals surface area contributed by atoms with E-state index in [4.69, 9.17) is 0 Å². The Kier molecular flexibility index (Phi) is 4.42. The van der Waals surface area contributed by atoms with E-state index >= 15 is 0 Å². The van der Waals surface area contributed by atoms with Crippen molar-refractivity contribution >= 4 is 11.3 Å². The maximum absolute atomic E-state index is 4.48. The van der Waals surface area contributed by atoms with Crippen LogP contribution in [0.1, 0.15) is 23.2 Å². The lowest BCUT2D eigenvalue weighted by Crippen LogP contribution is -2.26. The first kappa shape index (κ1) is 14.0. The summed E-state index contributed by atoms with van der Waals surface area (Å²) in [4.78, 5) is 5.76. The second kappa shape index (κ2) is 6.64. The van der Waals surface area contributed by atoms with Crippen molar-refractivity contribution in [1.29, 1.82) is 0 Å². The third-order valence-corrected chi connectivity index (χ3v) is 4.27. The molecular weight excluding hydrogens is 284 g/mol. The predicted molar refractivity (Wildman–Crippen MR) is 82.0 cm³/mol. The quantitative estimate of drug-likeness (QED) is 0.677. The molecule has 0 fully saturated rings. The van der Waals surface area contributed by atoms with Gasteiger partial charge in [-0.2, -0.15) is 0 Å². The van der Waals surface area contributed by atoms with Crippen molar-refractivity contribution < 1.29 is 0 Å². The Morgan fingerprint density at radius 3 is 2.95 bits per heavy atom. The Morgan fingerprint density at radius 2 is 2.29 bits per heavy atom. The van der Waals surface area contributed by atoms with Gasteiger partial charge in [-0.15, -0.1) is 16.4 Å². The van der Waals surface area contributed by atoms with Crippen LogP contribution >= 0.6 is 11.3 Å². The number of aryl methyl sites for hydroxylation is 2. The van der Waals surface area contributed by atoms with E-state index in [9.17, 15) is 0 Å². The lowest BCUT2D eigenvalue weighted by molar-refractivity contribution is 0.499. The topological polar surface area (TPSA) is 60.6 Å².